The Morgan fingerprint density at radius 1 is 1.17 bits per heavy atom. The lowest BCUT2D eigenvalue weighted by atomic mass is 10.1. The van der Waals surface area contributed by atoms with Crippen molar-refractivity contribution in [2.75, 3.05) is 6.54 Å². The van der Waals surface area contributed by atoms with Crippen molar-refractivity contribution in [3.8, 4) is 0 Å². The summed E-state index contributed by atoms with van der Waals surface area (Å²) in [4.78, 5) is 13.2. The summed E-state index contributed by atoms with van der Waals surface area (Å²) in [6, 6.07) is 14.4. The molecule has 1 aliphatic rings. The molecule has 122 valence electrons. The molecule has 0 saturated carbocycles. The number of carbonyl (C=O) groups is 1. The van der Waals surface area contributed by atoms with E-state index in [1.807, 2.05) is 29.0 Å². The van der Waals surface area contributed by atoms with Crippen LogP contribution in [0, 0.1) is 5.92 Å². The fraction of sp³-hybridized carbons (Fsp3) is 0.250. The maximum absolute atomic E-state index is 13.2. The van der Waals surface area contributed by atoms with Gasteiger partial charge in [-0.15, -0.1) is 0 Å². The Hall–Kier alpha value is -1.91. The van der Waals surface area contributed by atoms with Crippen LogP contribution in [0.15, 0.2) is 53.1 Å². The highest BCUT2D eigenvalue weighted by atomic mass is 79.9. The molecule has 4 rings (SSSR count). The van der Waals surface area contributed by atoms with Crippen LogP contribution >= 0.6 is 15.9 Å². The summed E-state index contributed by atoms with van der Waals surface area (Å²) in [5, 5.41) is 1.13. The topological polar surface area (TPSA) is 48.0 Å². The number of nitrogens with zero attached hydrogens (tertiary/aromatic N) is 1. The van der Waals surface area contributed by atoms with Crippen LogP contribution in [0.5, 0.6) is 0 Å². The van der Waals surface area contributed by atoms with Gasteiger partial charge < -0.3 is 5.73 Å². The standard InChI is InChI=1S/C20H19BrN2O/c21-17-6-5-13-9-16(10-15(13)11-17)20(24)23-12-14(7-8-22)18-3-1-2-4-19(18)23/h1-6,11-12,16H,7-10,22H2. The Morgan fingerprint density at radius 3 is 2.79 bits per heavy atom. The van der Waals surface area contributed by atoms with Gasteiger partial charge in [0.2, 0.25) is 5.91 Å². The van der Waals surface area contributed by atoms with Gasteiger partial charge >= 0.3 is 0 Å². The molecule has 1 aromatic heterocycles. The average molecular weight is 383 g/mol. The van der Waals surface area contributed by atoms with E-state index in [2.05, 4.69) is 40.2 Å². The Morgan fingerprint density at radius 2 is 1.96 bits per heavy atom. The van der Waals surface area contributed by atoms with Gasteiger partial charge in [-0.05, 0) is 60.7 Å². The van der Waals surface area contributed by atoms with Gasteiger partial charge in [0.15, 0.2) is 0 Å². The van der Waals surface area contributed by atoms with Crippen LogP contribution in [-0.2, 0) is 19.3 Å². The highest BCUT2D eigenvalue weighted by Gasteiger charge is 2.29. The number of para-hydroxylation sites is 1. The molecule has 0 bridgehead atoms. The summed E-state index contributed by atoms with van der Waals surface area (Å²) in [6.07, 6.45) is 4.41. The van der Waals surface area contributed by atoms with Gasteiger partial charge in [-0.3, -0.25) is 9.36 Å². The minimum absolute atomic E-state index is 0.0100. The molecular formula is C20H19BrN2O. The molecule has 3 aromatic rings. The van der Waals surface area contributed by atoms with Crippen molar-refractivity contribution in [3.63, 3.8) is 0 Å². The molecule has 0 spiro atoms. The second-order valence-electron chi connectivity index (χ2n) is 6.44. The largest absolute Gasteiger partial charge is 0.330 e. The van der Waals surface area contributed by atoms with Crippen molar-refractivity contribution in [1.29, 1.82) is 0 Å². The van der Waals surface area contributed by atoms with Crippen LogP contribution in [0.4, 0.5) is 0 Å². The summed E-state index contributed by atoms with van der Waals surface area (Å²) in [7, 11) is 0. The molecule has 1 aliphatic carbocycles. The molecule has 4 heteroatoms. The van der Waals surface area contributed by atoms with Gasteiger partial charge in [0.25, 0.3) is 0 Å². The van der Waals surface area contributed by atoms with Crippen molar-refractivity contribution in [2.45, 2.75) is 19.3 Å². The highest BCUT2D eigenvalue weighted by Crippen LogP contribution is 2.31. The Kier molecular flexibility index (Phi) is 4.02. The molecule has 1 heterocycles. The van der Waals surface area contributed by atoms with Gasteiger partial charge in [-0.2, -0.15) is 0 Å². The number of nitrogens with two attached hydrogens (primary N) is 1. The van der Waals surface area contributed by atoms with E-state index in [4.69, 9.17) is 5.73 Å². The van der Waals surface area contributed by atoms with Gasteiger partial charge in [-0.25, -0.2) is 0 Å². The van der Waals surface area contributed by atoms with Crippen molar-refractivity contribution in [2.24, 2.45) is 11.7 Å². The van der Waals surface area contributed by atoms with Crippen LogP contribution in [0.3, 0.4) is 0 Å². The van der Waals surface area contributed by atoms with E-state index in [1.54, 1.807) is 0 Å². The molecule has 2 aromatic carbocycles. The first-order chi connectivity index (χ1) is 11.7. The number of halogens is 1. The Balaban J connectivity index is 1.70. The fourth-order valence-electron chi connectivity index (χ4n) is 3.75. The SMILES string of the molecule is NCCc1cn(C(=O)C2Cc3ccc(Br)cc3C2)c2ccccc12. The lowest BCUT2D eigenvalue weighted by Gasteiger charge is -2.10. The van der Waals surface area contributed by atoms with Crippen LogP contribution in [0.1, 0.15) is 21.5 Å². The van der Waals surface area contributed by atoms with E-state index in [9.17, 15) is 4.79 Å². The maximum Gasteiger partial charge on any atom is 0.234 e. The average Bonchev–Trinajstić information content (AvgIpc) is 3.16. The van der Waals surface area contributed by atoms with Crippen LogP contribution in [0.2, 0.25) is 0 Å². The van der Waals surface area contributed by atoms with Crippen molar-refractivity contribution in [1.82, 2.24) is 4.57 Å². The second kappa shape index (κ2) is 6.19. The number of benzene rings is 2. The van der Waals surface area contributed by atoms with Crippen LogP contribution < -0.4 is 5.73 Å². The molecule has 0 fully saturated rings. The Bertz CT molecular complexity index is 929. The number of aromatic nitrogens is 1. The smallest absolute Gasteiger partial charge is 0.234 e. The van der Waals surface area contributed by atoms with Gasteiger partial charge in [-0.1, -0.05) is 40.2 Å². The third-order valence-corrected chi connectivity index (χ3v) is 5.39. The molecule has 1 atom stereocenters. The monoisotopic (exact) mass is 382 g/mol. The molecule has 3 nitrogen and oxygen atoms in total. The van der Waals surface area contributed by atoms with Gasteiger partial charge in [0.05, 0.1) is 5.52 Å². The minimum atomic E-state index is 0.0100. The van der Waals surface area contributed by atoms with Crippen LogP contribution in [-0.4, -0.2) is 17.0 Å². The number of hydrogen-bond acceptors (Lipinski definition) is 2. The van der Waals surface area contributed by atoms with Crippen molar-refractivity contribution >= 4 is 32.7 Å². The number of carbonyl (C=O) groups excluding carboxylic acids is 1. The lowest BCUT2D eigenvalue weighted by Crippen LogP contribution is -2.21. The summed E-state index contributed by atoms with van der Waals surface area (Å²) in [5.41, 5.74) is 10.4. The summed E-state index contributed by atoms with van der Waals surface area (Å²) >= 11 is 3.52. The summed E-state index contributed by atoms with van der Waals surface area (Å²) in [6.45, 7) is 0.588. The molecular weight excluding hydrogens is 364 g/mol. The predicted octanol–water partition coefficient (Wildman–Crippen LogP) is 3.96. The zero-order valence-corrected chi connectivity index (χ0v) is 14.9. The third kappa shape index (κ3) is 2.60. The van der Waals surface area contributed by atoms with Crippen molar-refractivity contribution in [3.05, 3.63) is 69.8 Å². The third-order valence-electron chi connectivity index (χ3n) is 4.90. The van der Waals surface area contributed by atoms with E-state index in [0.29, 0.717) is 6.54 Å². The van der Waals surface area contributed by atoms with E-state index in [-0.39, 0.29) is 11.8 Å². The Labute approximate surface area is 149 Å². The molecule has 0 radical (unpaired) electrons. The first-order valence-corrected chi connectivity index (χ1v) is 9.07. The number of rotatable bonds is 3. The molecule has 24 heavy (non-hydrogen) atoms. The quantitative estimate of drug-likeness (QED) is 0.744. The summed E-state index contributed by atoms with van der Waals surface area (Å²) < 4.78 is 2.91. The highest BCUT2D eigenvalue weighted by molar-refractivity contribution is 9.10. The van der Waals surface area contributed by atoms with E-state index >= 15 is 0 Å². The first kappa shape index (κ1) is 15.6. The van der Waals surface area contributed by atoms with Crippen molar-refractivity contribution < 1.29 is 4.79 Å². The normalized spacial score (nSPS) is 16.5. The maximum atomic E-state index is 13.2. The van der Waals surface area contributed by atoms with Gasteiger partial charge in [0.1, 0.15) is 0 Å². The number of fused-ring (bicyclic) bond motifs is 2. The summed E-state index contributed by atoms with van der Waals surface area (Å²) in [5.74, 6) is 0.192. The predicted molar refractivity (Wildman–Crippen MR) is 100 cm³/mol. The van der Waals surface area contributed by atoms with Crippen LogP contribution in [0.25, 0.3) is 10.9 Å². The molecule has 0 aliphatic heterocycles. The molecule has 0 saturated heterocycles. The zero-order chi connectivity index (χ0) is 16.7. The number of hydrogen-bond donors (Lipinski definition) is 1. The minimum Gasteiger partial charge on any atom is -0.330 e. The molecule has 2 N–H and O–H groups in total. The van der Waals surface area contributed by atoms with E-state index in [0.717, 1.165) is 40.2 Å². The fourth-order valence-corrected chi connectivity index (χ4v) is 4.15. The van der Waals surface area contributed by atoms with E-state index in [1.165, 1.54) is 11.1 Å². The second-order valence-corrected chi connectivity index (χ2v) is 7.35. The zero-order valence-electron chi connectivity index (χ0n) is 13.3. The van der Waals surface area contributed by atoms with E-state index < -0.39 is 0 Å². The first-order valence-electron chi connectivity index (χ1n) is 8.28. The van der Waals surface area contributed by atoms with Gasteiger partial charge in [0, 0.05) is 22.0 Å². The molecule has 0 amide bonds. The lowest BCUT2D eigenvalue weighted by molar-refractivity contribution is 0.0844. The molecule has 1 unspecified atom stereocenters.